The van der Waals surface area contributed by atoms with E-state index in [2.05, 4.69) is 16.0 Å². The number of carbonyl (C=O) groups excluding carboxylic acids is 2. The summed E-state index contributed by atoms with van der Waals surface area (Å²) in [6.45, 7) is 4.55. The predicted octanol–water partition coefficient (Wildman–Crippen LogP) is 2.54. The van der Waals surface area contributed by atoms with Crippen LogP contribution in [0.4, 0.5) is 10.5 Å². The van der Waals surface area contributed by atoms with Crippen LogP contribution in [0.1, 0.15) is 26.7 Å². The molecule has 1 saturated heterocycles. The monoisotopic (exact) mass is 339 g/mol. The van der Waals surface area contributed by atoms with Crippen molar-refractivity contribution >= 4 is 29.2 Å². The summed E-state index contributed by atoms with van der Waals surface area (Å²) in [6.07, 6.45) is 1.54. The highest BCUT2D eigenvalue weighted by Gasteiger charge is 2.29. The van der Waals surface area contributed by atoms with Crippen LogP contribution >= 0.6 is 11.6 Å². The predicted molar refractivity (Wildman–Crippen MR) is 89.7 cm³/mol. The maximum Gasteiger partial charge on any atom is 0.319 e. The van der Waals surface area contributed by atoms with Crippen LogP contribution in [-0.4, -0.2) is 36.7 Å². The van der Waals surface area contributed by atoms with Gasteiger partial charge in [-0.15, -0.1) is 0 Å². The third-order valence-electron chi connectivity index (χ3n) is 3.55. The van der Waals surface area contributed by atoms with Gasteiger partial charge < -0.3 is 20.7 Å². The lowest BCUT2D eigenvalue weighted by Gasteiger charge is -2.35. The number of hydrogen-bond donors (Lipinski definition) is 3. The van der Waals surface area contributed by atoms with Crippen LogP contribution < -0.4 is 16.0 Å². The minimum absolute atomic E-state index is 0.0732. The van der Waals surface area contributed by atoms with E-state index < -0.39 is 6.03 Å². The van der Waals surface area contributed by atoms with E-state index in [-0.39, 0.29) is 24.1 Å². The quantitative estimate of drug-likeness (QED) is 0.788. The van der Waals surface area contributed by atoms with Crippen molar-refractivity contribution in [3.8, 4) is 0 Å². The standard InChI is InChI=1S/C16H22ClN3O3/c1-16(2)9-13(6-7-23-16)19-14(21)10-18-15(22)20-12-5-3-4-11(17)8-12/h3-5,8,13H,6-7,9-10H2,1-2H3,(H,19,21)(H2,18,20,22)/t13-/m1/s1. The molecule has 1 aromatic carbocycles. The molecule has 6 nitrogen and oxygen atoms in total. The molecule has 1 aromatic rings. The second-order valence-electron chi connectivity index (χ2n) is 6.18. The molecule has 2 rings (SSSR count). The molecular formula is C16H22ClN3O3. The van der Waals surface area contributed by atoms with Gasteiger partial charge in [0.05, 0.1) is 12.1 Å². The summed E-state index contributed by atoms with van der Waals surface area (Å²) in [6, 6.07) is 6.42. The van der Waals surface area contributed by atoms with E-state index in [9.17, 15) is 9.59 Å². The molecule has 1 aliphatic rings. The van der Waals surface area contributed by atoms with Crippen LogP contribution in [0.15, 0.2) is 24.3 Å². The van der Waals surface area contributed by atoms with Gasteiger partial charge in [0.25, 0.3) is 0 Å². The first-order valence-electron chi connectivity index (χ1n) is 7.58. The summed E-state index contributed by atoms with van der Waals surface area (Å²) in [4.78, 5) is 23.7. The summed E-state index contributed by atoms with van der Waals surface area (Å²) in [5, 5.41) is 8.60. The van der Waals surface area contributed by atoms with E-state index in [0.29, 0.717) is 17.3 Å². The molecule has 0 spiro atoms. The van der Waals surface area contributed by atoms with Crippen LogP contribution in [0.2, 0.25) is 5.02 Å². The van der Waals surface area contributed by atoms with Gasteiger partial charge in [0.1, 0.15) is 0 Å². The Morgan fingerprint density at radius 1 is 1.39 bits per heavy atom. The molecule has 0 aromatic heterocycles. The van der Waals surface area contributed by atoms with Crippen molar-refractivity contribution in [3.05, 3.63) is 29.3 Å². The summed E-state index contributed by atoms with van der Waals surface area (Å²) >= 11 is 5.84. The summed E-state index contributed by atoms with van der Waals surface area (Å²) < 4.78 is 5.61. The Morgan fingerprint density at radius 3 is 2.87 bits per heavy atom. The topological polar surface area (TPSA) is 79.5 Å². The fraction of sp³-hybridized carbons (Fsp3) is 0.500. The number of carbonyl (C=O) groups is 2. The molecule has 1 atom stereocenters. The Bertz CT molecular complexity index is 577. The highest BCUT2D eigenvalue weighted by molar-refractivity contribution is 6.30. The fourth-order valence-electron chi connectivity index (χ4n) is 2.54. The number of hydrogen-bond acceptors (Lipinski definition) is 3. The molecule has 1 fully saturated rings. The highest BCUT2D eigenvalue weighted by Crippen LogP contribution is 2.23. The molecule has 0 bridgehead atoms. The molecule has 1 heterocycles. The van der Waals surface area contributed by atoms with Gasteiger partial charge in [-0.05, 0) is 44.9 Å². The van der Waals surface area contributed by atoms with Gasteiger partial charge in [0.2, 0.25) is 5.91 Å². The van der Waals surface area contributed by atoms with Gasteiger partial charge in [0.15, 0.2) is 0 Å². The zero-order chi connectivity index (χ0) is 16.9. The van der Waals surface area contributed by atoms with Gasteiger partial charge in [0, 0.05) is 23.4 Å². The van der Waals surface area contributed by atoms with E-state index >= 15 is 0 Å². The lowest BCUT2D eigenvalue weighted by Crippen LogP contribution is -2.48. The van der Waals surface area contributed by atoms with Crippen LogP contribution in [-0.2, 0) is 9.53 Å². The van der Waals surface area contributed by atoms with Crippen molar-refractivity contribution in [2.45, 2.75) is 38.3 Å². The fourth-order valence-corrected chi connectivity index (χ4v) is 2.73. The molecule has 0 saturated carbocycles. The molecule has 126 valence electrons. The maximum absolute atomic E-state index is 11.9. The van der Waals surface area contributed by atoms with Gasteiger partial charge in [-0.25, -0.2) is 4.79 Å². The zero-order valence-corrected chi connectivity index (χ0v) is 14.1. The summed E-state index contributed by atoms with van der Waals surface area (Å²) in [5.41, 5.74) is 0.342. The van der Waals surface area contributed by atoms with Crippen LogP contribution in [0.25, 0.3) is 0 Å². The number of halogens is 1. The summed E-state index contributed by atoms with van der Waals surface area (Å²) in [5.74, 6) is -0.214. The van der Waals surface area contributed by atoms with Gasteiger partial charge >= 0.3 is 6.03 Å². The number of anilines is 1. The highest BCUT2D eigenvalue weighted by atomic mass is 35.5. The van der Waals surface area contributed by atoms with Gasteiger partial charge in [-0.1, -0.05) is 17.7 Å². The van der Waals surface area contributed by atoms with E-state index in [1.807, 2.05) is 13.8 Å². The van der Waals surface area contributed by atoms with Crippen molar-refractivity contribution in [1.29, 1.82) is 0 Å². The largest absolute Gasteiger partial charge is 0.375 e. The average Bonchev–Trinajstić information content (AvgIpc) is 2.44. The second-order valence-corrected chi connectivity index (χ2v) is 6.62. The molecule has 7 heteroatoms. The first-order chi connectivity index (χ1) is 10.8. The van der Waals surface area contributed by atoms with Crippen molar-refractivity contribution in [2.24, 2.45) is 0 Å². The summed E-state index contributed by atoms with van der Waals surface area (Å²) in [7, 11) is 0. The number of ether oxygens (including phenoxy) is 1. The number of benzene rings is 1. The molecule has 3 amide bonds. The second kappa shape index (κ2) is 7.66. The molecule has 0 radical (unpaired) electrons. The average molecular weight is 340 g/mol. The maximum atomic E-state index is 11.9. The van der Waals surface area contributed by atoms with E-state index in [1.165, 1.54) is 0 Å². The number of rotatable bonds is 4. The van der Waals surface area contributed by atoms with Crippen molar-refractivity contribution in [3.63, 3.8) is 0 Å². The molecule has 3 N–H and O–H groups in total. The Hall–Kier alpha value is -1.79. The third kappa shape index (κ3) is 6.08. The number of nitrogens with one attached hydrogen (secondary N) is 3. The zero-order valence-electron chi connectivity index (χ0n) is 13.3. The Labute approximate surface area is 140 Å². The van der Waals surface area contributed by atoms with Crippen LogP contribution in [0.5, 0.6) is 0 Å². The minimum atomic E-state index is -0.449. The van der Waals surface area contributed by atoms with E-state index in [0.717, 1.165) is 12.8 Å². The van der Waals surface area contributed by atoms with E-state index in [4.69, 9.17) is 16.3 Å². The first kappa shape index (κ1) is 17.6. The minimum Gasteiger partial charge on any atom is -0.375 e. The lowest BCUT2D eigenvalue weighted by atomic mass is 9.94. The molecule has 1 aliphatic heterocycles. The smallest absolute Gasteiger partial charge is 0.319 e. The molecule has 0 unspecified atom stereocenters. The van der Waals surface area contributed by atoms with E-state index in [1.54, 1.807) is 24.3 Å². The van der Waals surface area contributed by atoms with Crippen LogP contribution in [0.3, 0.4) is 0 Å². The Morgan fingerprint density at radius 2 is 2.17 bits per heavy atom. The molecule has 0 aliphatic carbocycles. The molecule has 23 heavy (non-hydrogen) atoms. The first-order valence-corrected chi connectivity index (χ1v) is 7.96. The van der Waals surface area contributed by atoms with Crippen molar-refractivity contribution < 1.29 is 14.3 Å². The Balaban J connectivity index is 1.72. The third-order valence-corrected chi connectivity index (χ3v) is 3.79. The van der Waals surface area contributed by atoms with Crippen molar-refractivity contribution in [1.82, 2.24) is 10.6 Å². The van der Waals surface area contributed by atoms with Gasteiger partial charge in [-0.3, -0.25) is 4.79 Å². The number of urea groups is 1. The van der Waals surface area contributed by atoms with Gasteiger partial charge in [-0.2, -0.15) is 0 Å². The van der Waals surface area contributed by atoms with Crippen LogP contribution in [0, 0.1) is 0 Å². The SMILES string of the molecule is CC1(C)C[C@H](NC(=O)CNC(=O)Nc2cccc(Cl)c2)CCO1. The van der Waals surface area contributed by atoms with Crippen molar-refractivity contribution in [2.75, 3.05) is 18.5 Å². The lowest BCUT2D eigenvalue weighted by molar-refractivity contribution is -0.123. The molecular weight excluding hydrogens is 318 g/mol. The Kier molecular flexibility index (Phi) is 5.85. The normalized spacial score (nSPS) is 19.7. The number of amides is 3.